The molecule has 1 N–H and O–H groups in total. The predicted octanol–water partition coefficient (Wildman–Crippen LogP) is 8.39. The predicted molar refractivity (Wildman–Crippen MR) is 290 cm³/mol. The summed E-state index contributed by atoms with van der Waals surface area (Å²) in [4.78, 5) is 46.4. The third-order valence-electron chi connectivity index (χ3n) is 13.5. The van der Waals surface area contributed by atoms with Crippen LogP contribution in [0.25, 0.3) is 20.9 Å². The molecule has 0 amide bonds. The molecule has 3 aliphatic heterocycles. The van der Waals surface area contributed by atoms with E-state index in [2.05, 4.69) is 20.1 Å². The van der Waals surface area contributed by atoms with E-state index in [0.717, 1.165) is 28.7 Å². The summed E-state index contributed by atoms with van der Waals surface area (Å²) in [6.07, 6.45) is -17.4. The summed E-state index contributed by atoms with van der Waals surface area (Å²) in [6, 6.07) is 41.6. The zero-order valence-electron chi connectivity index (χ0n) is 44.9. The van der Waals surface area contributed by atoms with Gasteiger partial charge in [-0.1, -0.05) is 161 Å². The number of aryl methyl sites for hydroxylation is 1. The summed E-state index contributed by atoms with van der Waals surface area (Å²) >= 11 is 1.18. The number of hydrogen-bond acceptors (Lipinski definition) is 19. The lowest BCUT2D eigenvalue weighted by Crippen LogP contribution is -2.68. The Balaban J connectivity index is 1.21. The van der Waals surface area contributed by atoms with Gasteiger partial charge < -0.3 is 61.9 Å². The van der Waals surface area contributed by atoms with Crippen molar-refractivity contribution in [1.82, 2.24) is 0 Å². The Bertz CT molecular complexity index is 2880. The number of methoxy groups -OCH3 is 1. The molecular formula is C58H64N6O16S. The number of thioether (sulfide) groups is 1. The van der Waals surface area contributed by atoms with Gasteiger partial charge in [-0.15, -0.1) is 0 Å². The van der Waals surface area contributed by atoms with Crippen LogP contribution < -0.4 is 0 Å². The molecule has 4 unspecified atom stereocenters. The minimum Gasteiger partial charge on any atom is -0.467 e. The van der Waals surface area contributed by atoms with Gasteiger partial charge in [0.1, 0.15) is 79.6 Å². The summed E-state index contributed by atoms with van der Waals surface area (Å²) < 4.78 is 77.1. The number of carbonyl (C=O) groups excluding carboxylic acids is 3. The molecule has 3 fully saturated rings. The molecule has 0 aromatic heterocycles. The normalized spacial score (nSPS) is 28.1. The van der Waals surface area contributed by atoms with Gasteiger partial charge in [0, 0.05) is 28.6 Å². The van der Waals surface area contributed by atoms with Gasteiger partial charge in [0.25, 0.3) is 0 Å². The topological polar surface area (TPSA) is 280 Å². The van der Waals surface area contributed by atoms with E-state index in [9.17, 15) is 30.6 Å². The van der Waals surface area contributed by atoms with Crippen LogP contribution in [-0.2, 0) is 97.7 Å². The van der Waals surface area contributed by atoms with Crippen LogP contribution in [-0.4, -0.2) is 134 Å². The molecule has 5 aromatic rings. The number of aliphatic hydroxyl groups is 1. The number of rotatable bonds is 25. The summed E-state index contributed by atoms with van der Waals surface area (Å²) in [5.41, 5.74) is 23.1. The van der Waals surface area contributed by atoms with Crippen LogP contribution in [0.5, 0.6) is 0 Å². The second kappa shape index (κ2) is 30.2. The maximum Gasteiger partial charge on any atom is 0.337 e. The number of aliphatic hydroxyl groups excluding tert-OH is 1. The lowest BCUT2D eigenvalue weighted by molar-refractivity contribution is -0.366. The van der Waals surface area contributed by atoms with Gasteiger partial charge in [0.2, 0.25) is 0 Å². The van der Waals surface area contributed by atoms with Crippen molar-refractivity contribution < 1.29 is 76.3 Å². The fraction of sp³-hybridized carbons (Fsp3) is 0.431. The average Bonchev–Trinajstić information content (AvgIpc) is 3.59. The first kappa shape index (κ1) is 60.2. The first-order valence-electron chi connectivity index (χ1n) is 26.2. The van der Waals surface area contributed by atoms with Crippen LogP contribution in [0.2, 0.25) is 0 Å². The molecule has 3 aliphatic rings. The molecule has 5 aromatic carbocycles. The van der Waals surface area contributed by atoms with E-state index in [1.165, 1.54) is 25.6 Å². The molecule has 22 nitrogen and oxygen atoms in total. The SMILES string of the molecule is COC(=O)C1O[C@@H](O[C@@H]2C(COC(C)=O)OC(Sc3ccc(C)cc3)[C@H](N=[N+]=[N-])[C@@H]2O)[C@H](OCc2ccccc2)[C@@H](OCc2ccccc2)[C@@H]1O[C@H]1OC(COC(C)=O)[C@@H](OCc2ccccc2)[C@H](OCc2ccccc2)[C@H]1N=[N+]=[N-]. The van der Waals surface area contributed by atoms with Crippen LogP contribution >= 0.6 is 11.8 Å². The summed E-state index contributed by atoms with van der Waals surface area (Å²) in [5.74, 6) is -2.28. The van der Waals surface area contributed by atoms with Crippen LogP contribution in [0.15, 0.2) is 161 Å². The van der Waals surface area contributed by atoms with Crippen LogP contribution in [0.4, 0.5) is 0 Å². The molecule has 81 heavy (non-hydrogen) atoms. The van der Waals surface area contributed by atoms with Gasteiger partial charge in [0.15, 0.2) is 18.7 Å². The maximum atomic E-state index is 14.5. The fourth-order valence-electron chi connectivity index (χ4n) is 9.47. The van der Waals surface area contributed by atoms with Gasteiger partial charge in [-0.25, -0.2) is 4.79 Å². The molecule has 428 valence electrons. The highest BCUT2D eigenvalue weighted by Gasteiger charge is 2.58. The molecule has 0 aliphatic carbocycles. The van der Waals surface area contributed by atoms with E-state index in [-0.39, 0.29) is 33.0 Å². The number of benzene rings is 5. The number of hydrogen-bond donors (Lipinski definition) is 1. The first-order valence-corrected chi connectivity index (χ1v) is 27.0. The highest BCUT2D eigenvalue weighted by atomic mass is 32.2. The highest BCUT2D eigenvalue weighted by Crippen LogP contribution is 2.41. The fourth-order valence-corrected chi connectivity index (χ4v) is 10.6. The van der Waals surface area contributed by atoms with Crippen LogP contribution in [0.1, 0.15) is 41.7 Å². The number of ether oxygens (including phenoxy) is 12. The largest absolute Gasteiger partial charge is 0.467 e. The second-order valence-electron chi connectivity index (χ2n) is 19.2. The van der Waals surface area contributed by atoms with Gasteiger partial charge in [-0.3, -0.25) is 9.59 Å². The standard InChI is InChI=1S/C58H64N6O16S/c1-35-25-27-42(28-26-35)81-58-45(61-63-59)47(67)48(43(77-58)33-70-36(2)65)78-57-54(75-32-41-23-15-8-16-24-41)51(74-31-40-21-13-7-14-22-40)52(53(80-57)55(68)69-4)79-56-46(62-64-60)50(73-30-39-19-11-6-12-20-39)49(44(76-56)34-71-37(3)66)72-29-38-17-9-5-10-18-38/h5-28,43-54,56-58,67H,29-34H2,1-4H3/t43?,44?,45-,46-,47+,48-,49-,50-,51+,52+,53?,54-,56-,57-,58?/m1/s1. The van der Waals surface area contributed by atoms with E-state index in [0.29, 0.717) is 11.1 Å². The van der Waals surface area contributed by atoms with Crippen molar-refractivity contribution in [3.05, 3.63) is 194 Å². The minimum absolute atomic E-state index is 0.00316. The molecule has 0 bridgehead atoms. The second-order valence-corrected chi connectivity index (χ2v) is 20.4. The van der Waals surface area contributed by atoms with E-state index in [1.54, 1.807) is 0 Å². The Morgan fingerprint density at radius 3 is 1.47 bits per heavy atom. The Morgan fingerprint density at radius 2 is 0.988 bits per heavy atom. The van der Waals surface area contributed by atoms with Crippen LogP contribution in [0, 0.1) is 6.92 Å². The maximum absolute atomic E-state index is 14.5. The third kappa shape index (κ3) is 16.6. The average molecular weight is 1130 g/mol. The van der Waals surface area contributed by atoms with E-state index in [1.807, 2.05) is 153 Å². The van der Waals surface area contributed by atoms with Gasteiger partial charge in [-0.05, 0) is 52.4 Å². The summed E-state index contributed by atoms with van der Waals surface area (Å²) in [7, 11) is 1.14. The molecular weight excluding hydrogens is 1070 g/mol. The number of azide groups is 2. The molecule has 23 heteroatoms. The van der Waals surface area contributed by atoms with E-state index >= 15 is 0 Å². The molecule has 3 saturated heterocycles. The highest BCUT2D eigenvalue weighted by molar-refractivity contribution is 7.99. The monoisotopic (exact) mass is 1130 g/mol. The zero-order valence-corrected chi connectivity index (χ0v) is 45.7. The van der Waals surface area contributed by atoms with Gasteiger partial charge in [-0.2, -0.15) is 0 Å². The Kier molecular flexibility index (Phi) is 22.5. The van der Waals surface area contributed by atoms with Crippen molar-refractivity contribution in [3.8, 4) is 0 Å². The van der Waals surface area contributed by atoms with Crippen molar-refractivity contribution in [2.75, 3.05) is 20.3 Å². The quantitative estimate of drug-likeness (QED) is 0.0189. The number of nitrogens with zero attached hydrogens (tertiary/aromatic N) is 6. The third-order valence-corrected chi connectivity index (χ3v) is 14.6. The molecule has 3 heterocycles. The smallest absolute Gasteiger partial charge is 0.337 e. The molecule has 0 saturated carbocycles. The van der Waals surface area contributed by atoms with E-state index in [4.69, 9.17) is 56.8 Å². The van der Waals surface area contributed by atoms with Crippen LogP contribution in [0.3, 0.4) is 0 Å². The zero-order chi connectivity index (χ0) is 57.1. The van der Waals surface area contributed by atoms with Crippen molar-refractivity contribution in [2.24, 2.45) is 10.2 Å². The molecule has 15 atom stereocenters. The van der Waals surface area contributed by atoms with E-state index < -0.39 is 116 Å². The minimum atomic E-state index is -1.79. The first-order chi connectivity index (χ1) is 39.4. The Labute approximate surface area is 472 Å². The molecule has 0 spiro atoms. The van der Waals surface area contributed by atoms with Crippen molar-refractivity contribution in [2.45, 2.75) is 143 Å². The summed E-state index contributed by atoms with van der Waals surface area (Å²) in [6.45, 7) is 3.39. The lowest BCUT2D eigenvalue weighted by atomic mass is 9.94. The van der Waals surface area contributed by atoms with Gasteiger partial charge in [0.05, 0.1) is 39.6 Å². The molecule has 8 rings (SSSR count). The number of esters is 3. The number of carbonyl (C=O) groups is 3. The van der Waals surface area contributed by atoms with Gasteiger partial charge >= 0.3 is 17.9 Å². The Morgan fingerprint density at radius 1 is 0.543 bits per heavy atom. The van der Waals surface area contributed by atoms with Crippen molar-refractivity contribution in [1.29, 1.82) is 0 Å². The lowest BCUT2D eigenvalue weighted by Gasteiger charge is -2.50. The van der Waals surface area contributed by atoms with Crippen molar-refractivity contribution >= 4 is 29.7 Å². The Hall–Kier alpha value is -6.92. The van der Waals surface area contributed by atoms with Crippen molar-refractivity contribution in [3.63, 3.8) is 0 Å². The molecule has 0 radical (unpaired) electrons. The summed E-state index contributed by atoms with van der Waals surface area (Å²) in [5, 5.41) is 20.6.